The average molecular weight is 380 g/mol. The van der Waals surface area contributed by atoms with Gasteiger partial charge in [0.25, 0.3) is 0 Å². The van der Waals surface area contributed by atoms with Crippen molar-refractivity contribution < 1.29 is 8.42 Å². The first-order valence-corrected chi connectivity index (χ1v) is 10.2. The molecule has 25 heavy (non-hydrogen) atoms. The lowest BCUT2D eigenvalue weighted by atomic mass is 10.3. The summed E-state index contributed by atoms with van der Waals surface area (Å²) in [6, 6.07) is 3.59. The highest BCUT2D eigenvalue weighted by molar-refractivity contribution is 7.89. The first kappa shape index (κ1) is 17.8. The van der Waals surface area contributed by atoms with Crippen molar-refractivity contribution in [1.82, 2.24) is 24.5 Å². The summed E-state index contributed by atoms with van der Waals surface area (Å²) in [6.07, 6.45) is 1.73. The first-order chi connectivity index (χ1) is 11.8. The lowest BCUT2D eigenvalue weighted by Gasteiger charge is -2.08. The molecule has 7 nitrogen and oxygen atoms in total. The summed E-state index contributed by atoms with van der Waals surface area (Å²) in [5.74, 6) is 0. The van der Waals surface area contributed by atoms with Crippen LogP contribution >= 0.6 is 11.3 Å². The third-order valence-corrected chi connectivity index (χ3v) is 6.90. The van der Waals surface area contributed by atoms with Crippen LogP contribution in [0.3, 0.4) is 0 Å². The summed E-state index contributed by atoms with van der Waals surface area (Å²) < 4.78 is 29.9. The van der Waals surface area contributed by atoms with Crippen LogP contribution in [0.15, 0.2) is 23.4 Å². The lowest BCUT2D eigenvalue weighted by Crippen LogP contribution is -2.27. The summed E-state index contributed by atoms with van der Waals surface area (Å²) >= 11 is 1.43. The van der Waals surface area contributed by atoms with Crippen LogP contribution in [0.1, 0.15) is 22.0 Å². The SMILES string of the molecule is Cc1cc(-c2cc(S(=O)(=O)NCCn3cnc(C)c3C)c(C)s2)n[nH]1. The van der Waals surface area contributed by atoms with Gasteiger partial charge in [-0.05, 0) is 39.8 Å². The molecule has 0 saturated carbocycles. The van der Waals surface area contributed by atoms with E-state index in [1.54, 1.807) is 12.4 Å². The van der Waals surface area contributed by atoms with E-state index in [0.29, 0.717) is 18.0 Å². The average Bonchev–Trinajstić information content (AvgIpc) is 3.22. The maximum Gasteiger partial charge on any atom is 0.241 e. The van der Waals surface area contributed by atoms with Crippen molar-refractivity contribution >= 4 is 21.4 Å². The Morgan fingerprint density at radius 3 is 2.60 bits per heavy atom. The molecule has 0 saturated heterocycles. The molecule has 0 unspecified atom stereocenters. The molecule has 3 aromatic rings. The fourth-order valence-electron chi connectivity index (χ4n) is 2.55. The Hall–Kier alpha value is -1.97. The van der Waals surface area contributed by atoms with Crippen LogP contribution < -0.4 is 4.72 Å². The van der Waals surface area contributed by atoms with Gasteiger partial charge in [-0.3, -0.25) is 5.10 Å². The Balaban J connectivity index is 1.74. The number of aromatic nitrogens is 4. The van der Waals surface area contributed by atoms with Crippen LogP contribution in [-0.4, -0.2) is 34.7 Å². The van der Waals surface area contributed by atoms with Gasteiger partial charge in [-0.25, -0.2) is 18.1 Å². The number of nitrogens with one attached hydrogen (secondary N) is 2. The molecule has 0 spiro atoms. The second-order valence-corrected chi connectivity index (χ2v) is 8.97. The van der Waals surface area contributed by atoms with Gasteiger partial charge in [-0.15, -0.1) is 11.3 Å². The van der Waals surface area contributed by atoms with E-state index < -0.39 is 10.0 Å². The van der Waals surface area contributed by atoms with Crippen LogP contribution in [0.2, 0.25) is 0 Å². The molecule has 134 valence electrons. The standard InChI is InChI=1S/C16H21N5O2S2/c1-10-7-14(20-19-10)15-8-16(13(4)24-15)25(22,23)18-5-6-21-9-17-11(2)12(21)3/h7-9,18H,5-6H2,1-4H3,(H,19,20). The Kier molecular flexibility index (Phi) is 4.81. The summed E-state index contributed by atoms with van der Waals surface area (Å²) in [5.41, 5.74) is 3.70. The van der Waals surface area contributed by atoms with E-state index in [1.807, 2.05) is 38.3 Å². The first-order valence-electron chi connectivity index (χ1n) is 7.89. The number of rotatable bonds is 6. The summed E-state index contributed by atoms with van der Waals surface area (Å²) in [5, 5.41) is 7.07. The second-order valence-electron chi connectivity index (χ2n) is 5.97. The minimum atomic E-state index is -3.56. The molecule has 3 aromatic heterocycles. The van der Waals surface area contributed by atoms with Crippen molar-refractivity contribution in [2.45, 2.75) is 39.1 Å². The predicted octanol–water partition coefficient (Wildman–Crippen LogP) is 2.55. The van der Waals surface area contributed by atoms with E-state index in [-0.39, 0.29) is 0 Å². The van der Waals surface area contributed by atoms with Gasteiger partial charge in [0.15, 0.2) is 0 Å². The number of aromatic amines is 1. The number of imidazole rings is 1. The number of thiophene rings is 1. The number of hydrogen-bond donors (Lipinski definition) is 2. The molecule has 0 aromatic carbocycles. The predicted molar refractivity (Wildman–Crippen MR) is 98.3 cm³/mol. The van der Waals surface area contributed by atoms with Crippen LogP contribution in [0.5, 0.6) is 0 Å². The van der Waals surface area contributed by atoms with Crippen LogP contribution in [-0.2, 0) is 16.6 Å². The molecule has 0 bridgehead atoms. The van der Waals surface area contributed by atoms with Gasteiger partial charge in [-0.1, -0.05) is 0 Å². The van der Waals surface area contributed by atoms with E-state index in [9.17, 15) is 8.42 Å². The normalized spacial score (nSPS) is 12.0. The highest BCUT2D eigenvalue weighted by Gasteiger charge is 2.21. The summed E-state index contributed by atoms with van der Waals surface area (Å²) in [6.45, 7) is 8.48. The van der Waals surface area contributed by atoms with Crippen LogP contribution in [0.25, 0.3) is 10.6 Å². The van der Waals surface area contributed by atoms with Crippen molar-refractivity contribution in [2.24, 2.45) is 0 Å². The van der Waals surface area contributed by atoms with Crippen molar-refractivity contribution in [3.05, 3.63) is 40.4 Å². The Labute approximate surface area is 151 Å². The maximum absolute atomic E-state index is 12.6. The molecule has 0 aliphatic rings. The Morgan fingerprint density at radius 1 is 1.24 bits per heavy atom. The van der Waals surface area contributed by atoms with Gasteiger partial charge in [0.1, 0.15) is 5.69 Å². The van der Waals surface area contributed by atoms with Gasteiger partial charge < -0.3 is 4.57 Å². The monoisotopic (exact) mass is 379 g/mol. The fraction of sp³-hybridized carbons (Fsp3) is 0.375. The zero-order valence-corrected chi connectivity index (χ0v) is 16.3. The minimum Gasteiger partial charge on any atom is -0.333 e. The molecule has 9 heteroatoms. The molecule has 0 amide bonds. The van der Waals surface area contributed by atoms with E-state index in [0.717, 1.165) is 32.5 Å². The third-order valence-electron chi connectivity index (χ3n) is 4.11. The largest absolute Gasteiger partial charge is 0.333 e. The number of nitrogens with zero attached hydrogens (tertiary/aromatic N) is 3. The molecule has 0 aliphatic heterocycles. The molecule has 0 atom stereocenters. The molecule has 0 aliphatic carbocycles. The van der Waals surface area contributed by atoms with Gasteiger partial charge in [0.2, 0.25) is 10.0 Å². The van der Waals surface area contributed by atoms with E-state index in [4.69, 9.17) is 0 Å². The van der Waals surface area contributed by atoms with Gasteiger partial charge in [0.05, 0.1) is 21.8 Å². The quantitative estimate of drug-likeness (QED) is 0.688. The number of hydrogen-bond acceptors (Lipinski definition) is 5. The van der Waals surface area contributed by atoms with Gasteiger partial charge in [-0.2, -0.15) is 5.10 Å². The van der Waals surface area contributed by atoms with E-state index in [2.05, 4.69) is 19.9 Å². The van der Waals surface area contributed by atoms with Gasteiger partial charge in [0, 0.05) is 29.4 Å². The zero-order chi connectivity index (χ0) is 18.2. The molecule has 3 rings (SSSR count). The smallest absolute Gasteiger partial charge is 0.241 e. The molecular weight excluding hydrogens is 358 g/mol. The molecule has 0 radical (unpaired) electrons. The van der Waals surface area contributed by atoms with Crippen molar-refractivity contribution in [3.8, 4) is 10.6 Å². The lowest BCUT2D eigenvalue weighted by molar-refractivity contribution is 0.571. The Bertz CT molecular complexity index is 998. The van der Waals surface area contributed by atoms with E-state index >= 15 is 0 Å². The summed E-state index contributed by atoms with van der Waals surface area (Å²) in [4.78, 5) is 6.12. The van der Waals surface area contributed by atoms with Crippen molar-refractivity contribution in [1.29, 1.82) is 0 Å². The van der Waals surface area contributed by atoms with Crippen LogP contribution in [0.4, 0.5) is 0 Å². The molecule has 0 fully saturated rings. The number of H-pyrrole nitrogens is 1. The van der Waals surface area contributed by atoms with Gasteiger partial charge >= 0.3 is 0 Å². The molecule has 3 heterocycles. The minimum absolute atomic E-state index is 0.311. The van der Waals surface area contributed by atoms with Crippen molar-refractivity contribution in [2.75, 3.05) is 6.54 Å². The summed E-state index contributed by atoms with van der Waals surface area (Å²) in [7, 11) is -3.56. The van der Waals surface area contributed by atoms with E-state index in [1.165, 1.54) is 11.3 Å². The number of aryl methyl sites for hydroxylation is 3. The maximum atomic E-state index is 12.6. The highest BCUT2D eigenvalue weighted by atomic mass is 32.2. The zero-order valence-electron chi connectivity index (χ0n) is 14.6. The Morgan fingerprint density at radius 2 is 2.00 bits per heavy atom. The molecule has 2 N–H and O–H groups in total. The number of sulfonamides is 1. The van der Waals surface area contributed by atoms with Crippen LogP contribution in [0, 0.1) is 27.7 Å². The second kappa shape index (κ2) is 6.74. The fourth-order valence-corrected chi connectivity index (χ4v) is 5.12. The highest BCUT2D eigenvalue weighted by Crippen LogP contribution is 2.32. The third kappa shape index (κ3) is 3.68. The van der Waals surface area contributed by atoms with Crippen molar-refractivity contribution in [3.63, 3.8) is 0 Å². The molecular formula is C16H21N5O2S2. The topological polar surface area (TPSA) is 92.7 Å².